The number of aliphatic hydroxyl groups is 2. The van der Waals surface area contributed by atoms with Gasteiger partial charge in [-0.05, 0) is 36.5 Å². The molecule has 0 aliphatic heterocycles. The van der Waals surface area contributed by atoms with Crippen LogP contribution in [0.4, 0.5) is 0 Å². The Morgan fingerprint density at radius 3 is 2.71 bits per heavy atom. The van der Waals surface area contributed by atoms with E-state index in [9.17, 15) is 4.79 Å². The number of carbonyl (C=O) groups is 1. The first kappa shape index (κ1) is 13.7. The van der Waals surface area contributed by atoms with Crippen molar-refractivity contribution in [3.8, 4) is 0 Å². The van der Waals surface area contributed by atoms with E-state index in [0.717, 1.165) is 11.1 Å². The third-order valence-electron chi connectivity index (χ3n) is 2.47. The highest BCUT2D eigenvalue weighted by molar-refractivity contribution is 5.83. The number of rotatable bonds is 4. The van der Waals surface area contributed by atoms with Crippen molar-refractivity contribution >= 4 is 5.97 Å². The third kappa shape index (κ3) is 4.54. The van der Waals surface area contributed by atoms with Gasteiger partial charge in [-0.25, -0.2) is 4.79 Å². The molecular formula is C13H18O4. The maximum atomic E-state index is 11.3. The second-order valence-electron chi connectivity index (χ2n) is 3.81. The smallest absolute Gasteiger partial charge is 0.331 e. The van der Waals surface area contributed by atoms with Crippen LogP contribution in [0.2, 0.25) is 0 Å². The highest BCUT2D eigenvalue weighted by atomic mass is 16.5. The van der Waals surface area contributed by atoms with Crippen LogP contribution < -0.4 is 0 Å². The standard InChI is InChI=1S/C13H18O4/c1-2-17-13(16)7-10-3-4-11(8-14)6-12(5-10)9-15/h5-7,14-15H,2-4,8-9H2,1H3/b10-7+. The molecule has 4 nitrogen and oxygen atoms in total. The average Bonchev–Trinajstić information content (AvgIpc) is 2.51. The molecule has 4 heteroatoms. The Kier molecular flexibility index (Phi) is 5.66. The summed E-state index contributed by atoms with van der Waals surface area (Å²) in [5, 5.41) is 18.2. The van der Waals surface area contributed by atoms with Crippen LogP contribution in [0.5, 0.6) is 0 Å². The predicted octanol–water partition coefficient (Wildman–Crippen LogP) is 1.11. The van der Waals surface area contributed by atoms with Crippen LogP contribution in [0.1, 0.15) is 19.8 Å². The van der Waals surface area contributed by atoms with Gasteiger partial charge in [-0.3, -0.25) is 0 Å². The molecule has 0 saturated carbocycles. The zero-order valence-electron chi connectivity index (χ0n) is 9.98. The zero-order valence-corrected chi connectivity index (χ0v) is 9.98. The highest BCUT2D eigenvalue weighted by Crippen LogP contribution is 2.20. The van der Waals surface area contributed by atoms with E-state index >= 15 is 0 Å². The number of allylic oxidation sites excluding steroid dienone is 2. The van der Waals surface area contributed by atoms with E-state index in [-0.39, 0.29) is 19.2 Å². The van der Waals surface area contributed by atoms with Gasteiger partial charge in [0.15, 0.2) is 0 Å². The minimum absolute atomic E-state index is 0.0238. The minimum atomic E-state index is -0.372. The molecule has 0 atom stereocenters. The highest BCUT2D eigenvalue weighted by Gasteiger charge is 2.08. The minimum Gasteiger partial charge on any atom is -0.463 e. The van der Waals surface area contributed by atoms with Crippen LogP contribution >= 0.6 is 0 Å². The van der Waals surface area contributed by atoms with Crippen molar-refractivity contribution in [1.29, 1.82) is 0 Å². The van der Waals surface area contributed by atoms with Crippen LogP contribution in [-0.4, -0.2) is 36.0 Å². The molecule has 0 saturated heterocycles. The summed E-state index contributed by atoms with van der Waals surface area (Å²) in [5.41, 5.74) is 2.37. The maximum Gasteiger partial charge on any atom is 0.331 e. The number of ether oxygens (including phenoxy) is 1. The first-order chi connectivity index (χ1) is 8.19. The van der Waals surface area contributed by atoms with E-state index < -0.39 is 0 Å². The summed E-state index contributed by atoms with van der Waals surface area (Å²) in [6.45, 7) is 1.97. The molecule has 0 amide bonds. The molecule has 94 valence electrons. The Morgan fingerprint density at radius 2 is 2.12 bits per heavy atom. The summed E-state index contributed by atoms with van der Waals surface area (Å²) in [6, 6.07) is 0. The molecule has 1 rings (SSSR count). The van der Waals surface area contributed by atoms with E-state index in [1.165, 1.54) is 6.08 Å². The summed E-state index contributed by atoms with van der Waals surface area (Å²) >= 11 is 0. The fraction of sp³-hybridized carbons (Fsp3) is 0.462. The van der Waals surface area contributed by atoms with E-state index in [4.69, 9.17) is 14.9 Å². The van der Waals surface area contributed by atoms with E-state index in [2.05, 4.69) is 0 Å². The lowest BCUT2D eigenvalue weighted by Gasteiger charge is -2.02. The van der Waals surface area contributed by atoms with E-state index in [1.54, 1.807) is 19.1 Å². The van der Waals surface area contributed by atoms with Gasteiger partial charge in [-0.15, -0.1) is 0 Å². The molecule has 0 bridgehead atoms. The molecule has 0 aromatic carbocycles. The molecule has 2 N–H and O–H groups in total. The molecule has 0 fully saturated rings. The van der Waals surface area contributed by atoms with Gasteiger partial charge in [0.05, 0.1) is 19.8 Å². The Morgan fingerprint density at radius 1 is 1.35 bits per heavy atom. The molecule has 0 radical (unpaired) electrons. The summed E-state index contributed by atoms with van der Waals surface area (Å²) in [4.78, 5) is 11.3. The molecule has 0 heterocycles. The molecule has 0 aromatic heterocycles. The topological polar surface area (TPSA) is 66.8 Å². The lowest BCUT2D eigenvalue weighted by atomic mass is 10.1. The summed E-state index contributed by atoms with van der Waals surface area (Å²) in [6.07, 6.45) is 6.31. The summed E-state index contributed by atoms with van der Waals surface area (Å²) in [7, 11) is 0. The van der Waals surface area contributed by atoms with Crippen molar-refractivity contribution < 1.29 is 19.7 Å². The third-order valence-corrected chi connectivity index (χ3v) is 2.47. The van der Waals surface area contributed by atoms with Crippen molar-refractivity contribution in [3.63, 3.8) is 0 Å². The second-order valence-corrected chi connectivity index (χ2v) is 3.81. The van der Waals surface area contributed by atoms with Gasteiger partial charge in [0.25, 0.3) is 0 Å². The van der Waals surface area contributed by atoms with Crippen molar-refractivity contribution in [2.45, 2.75) is 19.8 Å². The van der Waals surface area contributed by atoms with Gasteiger partial charge in [0, 0.05) is 6.08 Å². The average molecular weight is 238 g/mol. The number of hydrogen-bond donors (Lipinski definition) is 2. The Bertz CT molecular complexity index is 364. The van der Waals surface area contributed by atoms with Gasteiger partial charge in [-0.2, -0.15) is 0 Å². The van der Waals surface area contributed by atoms with Gasteiger partial charge >= 0.3 is 5.97 Å². The van der Waals surface area contributed by atoms with E-state index in [1.807, 2.05) is 0 Å². The summed E-state index contributed by atoms with van der Waals surface area (Å²) < 4.78 is 4.83. The van der Waals surface area contributed by atoms with Crippen molar-refractivity contribution in [3.05, 3.63) is 34.9 Å². The molecule has 0 aromatic rings. The fourth-order valence-electron chi connectivity index (χ4n) is 1.66. The van der Waals surface area contributed by atoms with Gasteiger partial charge < -0.3 is 14.9 Å². The first-order valence-electron chi connectivity index (χ1n) is 5.68. The maximum absolute atomic E-state index is 11.3. The van der Waals surface area contributed by atoms with Crippen LogP contribution in [0.3, 0.4) is 0 Å². The van der Waals surface area contributed by atoms with Crippen LogP contribution in [0, 0.1) is 0 Å². The fourth-order valence-corrected chi connectivity index (χ4v) is 1.66. The SMILES string of the molecule is CCOC(=O)/C=C1/C=C(CO)C=C(CO)CC1. The van der Waals surface area contributed by atoms with Crippen LogP contribution in [-0.2, 0) is 9.53 Å². The number of hydrogen-bond acceptors (Lipinski definition) is 4. The van der Waals surface area contributed by atoms with E-state index in [0.29, 0.717) is 25.0 Å². The molecule has 1 aliphatic rings. The van der Waals surface area contributed by atoms with Crippen molar-refractivity contribution in [2.75, 3.05) is 19.8 Å². The normalized spacial score (nSPS) is 18.4. The molecule has 0 unspecified atom stereocenters. The number of esters is 1. The quantitative estimate of drug-likeness (QED) is 0.568. The Labute approximate surface area is 101 Å². The van der Waals surface area contributed by atoms with Gasteiger partial charge in [0.2, 0.25) is 0 Å². The van der Waals surface area contributed by atoms with Crippen molar-refractivity contribution in [1.82, 2.24) is 0 Å². The number of aliphatic hydroxyl groups excluding tert-OH is 2. The predicted molar refractivity (Wildman–Crippen MR) is 64.3 cm³/mol. The first-order valence-corrected chi connectivity index (χ1v) is 5.68. The lowest BCUT2D eigenvalue weighted by Crippen LogP contribution is -2.01. The summed E-state index contributed by atoms with van der Waals surface area (Å²) in [5.74, 6) is -0.372. The van der Waals surface area contributed by atoms with Crippen molar-refractivity contribution in [2.24, 2.45) is 0 Å². The molecule has 1 aliphatic carbocycles. The van der Waals surface area contributed by atoms with Gasteiger partial charge in [0.1, 0.15) is 0 Å². The largest absolute Gasteiger partial charge is 0.463 e. The van der Waals surface area contributed by atoms with Crippen LogP contribution in [0.25, 0.3) is 0 Å². The van der Waals surface area contributed by atoms with Gasteiger partial charge in [-0.1, -0.05) is 12.2 Å². The lowest BCUT2D eigenvalue weighted by molar-refractivity contribution is -0.137. The monoisotopic (exact) mass is 238 g/mol. The molecule has 17 heavy (non-hydrogen) atoms. The molecular weight excluding hydrogens is 220 g/mol. The zero-order chi connectivity index (χ0) is 12.7. The Balaban J connectivity index is 2.82. The molecule has 0 spiro atoms. The number of carbonyl (C=O) groups excluding carboxylic acids is 1. The van der Waals surface area contributed by atoms with Crippen LogP contribution in [0.15, 0.2) is 34.9 Å². The second kappa shape index (κ2) is 7.04. The Hall–Kier alpha value is -1.39.